The molecule has 1 heterocycles. The average Bonchev–Trinajstić information content (AvgIpc) is 3.57. The summed E-state index contributed by atoms with van der Waals surface area (Å²) in [5.41, 5.74) is 0.350. The SMILES string of the molecule is CCCCC[C@@H]1C=C[C@@H](CCCCC[C@H](C(=O)O)[C@H](O)C[C@@H](CNC)[C@]2(O)CC[C@H](CC3=CCN=C3)C2)[C@H](O)C1. The molecule has 0 unspecified atom stereocenters. The number of nitrogens with one attached hydrogen (secondary N) is 1. The molecule has 0 spiro atoms. The van der Waals surface area contributed by atoms with Crippen molar-refractivity contribution < 1.29 is 25.2 Å². The number of nitrogens with zero attached hydrogens (tertiary/aromatic N) is 1. The second kappa shape index (κ2) is 16.8. The van der Waals surface area contributed by atoms with Crippen LogP contribution in [0.25, 0.3) is 0 Å². The van der Waals surface area contributed by atoms with Gasteiger partial charge in [0.2, 0.25) is 0 Å². The molecule has 0 aromatic carbocycles. The zero-order valence-corrected chi connectivity index (χ0v) is 25.0. The van der Waals surface area contributed by atoms with Crippen LogP contribution in [0.3, 0.4) is 0 Å². The van der Waals surface area contributed by atoms with E-state index < -0.39 is 23.6 Å². The Morgan fingerprint density at radius 3 is 2.65 bits per heavy atom. The van der Waals surface area contributed by atoms with Gasteiger partial charge in [-0.05, 0) is 82.2 Å². The van der Waals surface area contributed by atoms with E-state index in [2.05, 4.69) is 35.5 Å². The van der Waals surface area contributed by atoms with Crippen LogP contribution in [0.2, 0.25) is 0 Å². The molecule has 7 heteroatoms. The normalized spacial score (nSPS) is 30.4. The molecule has 1 saturated carbocycles. The third-order valence-corrected chi connectivity index (χ3v) is 9.79. The van der Waals surface area contributed by atoms with Crippen LogP contribution in [0.4, 0.5) is 0 Å². The molecule has 0 radical (unpaired) electrons. The van der Waals surface area contributed by atoms with Gasteiger partial charge in [0.1, 0.15) is 0 Å². The fraction of sp³-hybridized carbons (Fsp3) is 0.818. The molecule has 40 heavy (non-hydrogen) atoms. The van der Waals surface area contributed by atoms with E-state index in [-0.39, 0.29) is 24.4 Å². The molecule has 8 atom stereocenters. The first-order valence-corrected chi connectivity index (χ1v) is 16.1. The lowest BCUT2D eigenvalue weighted by Gasteiger charge is -2.35. The molecule has 0 saturated heterocycles. The fourth-order valence-electron chi connectivity index (χ4n) is 7.31. The number of aliphatic imine (C=N–C) groups is 1. The monoisotopic (exact) mass is 560 g/mol. The van der Waals surface area contributed by atoms with Gasteiger partial charge < -0.3 is 25.7 Å². The number of aliphatic hydroxyl groups excluding tert-OH is 2. The van der Waals surface area contributed by atoms with Crippen molar-refractivity contribution in [3.8, 4) is 0 Å². The summed E-state index contributed by atoms with van der Waals surface area (Å²) < 4.78 is 0. The summed E-state index contributed by atoms with van der Waals surface area (Å²) in [7, 11) is 1.84. The van der Waals surface area contributed by atoms with Crippen molar-refractivity contribution in [1.82, 2.24) is 5.32 Å². The summed E-state index contributed by atoms with van der Waals surface area (Å²) in [4.78, 5) is 16.4. The summed E-state index contributed by atoms with van der Waals surface area (Å²) in [5, 5.41) is 46.3. The van der Waals surface area contributed by atoms with Crippen LogP contribution in [-0.4, -0.2) is 70.6 Å². The second-order valence-corrected chi connectivity index (χ2v) is 12.9. The van der Waals surface area contributed by atoms with Crippen molar-refractivity contribution in [3.05, 3.63) is 23.8 Å². The smallest absolute Gasteiger partial charge is 0.309 e. The topological polar surface area (TPSA) is 122 Å². The molecule has 228 valence electrons. The minimum Gasteiger partial charge on any atom is -0.481 e. The summed E-state index contributed by atoms with van der Waals surface area (Å²) in [6, 6.07) is 0. The molecular formula is C33H56N2O5. The lowest BCUT2D eigenvalue weighted by Crippen LogP contribution is -2.44. The largest absolute Gasteiger partial charge is 0.481 e. The zero-order valence-electron chi connectivity index (χ0n) is 25.0. The average molecular weight is 561 g/mol. The van der Waals surface area contributed by atoms with Gasteiger partial charge in [0.05, 0.1) is 30.3 Å². The van der Waals surface area contributed by atoms with E-state index in [0.29, 0.717) is 37.6 Å². The van der Waals surface area contributed by atoms with Crippen LogP contribution in [0.5, 0.6) is 0 Å². The number of rotatable bonds is 19. The van der Waals surface area contributed by atoms with Crippen molar-refractivity contribution >= 4 is 12.2 Å². The number of carboxylic acids is 1. The molecule has 0 aromatic rings. The molecule has 7 nitrogen and oxygen atoms in total. The molecule has 2 aliphatic carbocycles. The highest BCUT2D eigenvalue weighted by Gasteiger charge is 2.45. The van der Waals surface area contributed by atoms with E-state index in [4.69, 9.17) is 0 Å². The summed E-state index contributed by atoms with van der Waals surface area (Å²) in [6.07, 6.45) is 20.4. The molecular weight excluding hydrogens is 504 g/mol. The van der Waals surface area contributed by atoms with Gasteiger partial charge in [-0.15, -0.1) is 0 Å². The number of aliphatic hydroxyl groups is 3. The van der Waals surface area contributed by atoms with Crippen molar-refractivity contribution in [2.45, 2.75) is 121 Å². The maximum atomic E-state index is 12.1. The first-order valence-electron chi connectivity index (χ1n) is 16.1. The Bertz CT molecular complexity index is 858. The Morgan fingerprint density at radius 2 is 1.98 bits per heavy atom. The Labute approximate surface area is 242 Å². The fourth-order valence-corrected chi connectivity index (χ4v) is 7.31. The molecule has 1 aliphatic heterocycles. The first kappa shape index (κ1) is 33.0. The number of aliphatic carboxylic acids is 1. The lowest BCUT2D eigenvalue weighted by molar-refractivity contribution is -0.147. The number of allylic oxidation sites excluding steroid dienone is 2. The van der Waals surface area contributed by atoms with Crippen LogP contribution in [0.15, 0.2) is 28.8 Å². The van der Waals surface area contributed by atoms with E-state index in [9.17, 15) is 25.2 Å². The van der Waals surface area contributed by atoms with E-state index in [1.165, 1.54) is 24.8 Å². The first-order chi connectivity index (χ1) is 19.3. The molecule has 0 aromatic heterocycles. The van der Waals surface area contributed by atoms with E-state index in [0.717, 1.165) is 57.9 Å². The third kappa shape index (κ3) is 10.1. The van der Waals surface area contributed by atoms with Gasteiger partial charge in [-0.25, -0.2) is 0 Å². The van der Waals surface area contributed by atoms with Crippen LogP contribution < -0.4 is 5.32 Å². The summed E-state index contributed by atoms with van der Waals surface area (Å²) in [6.45, 7) is 3.51. The maximum absolute atomic E-state index is 12.1. The van der Waals surface area contributed by atoms with Crippen molar-refractivity contribution in [2.75, 3.05) is 20.1 Å². The molecule has 3 aliphatic rings. The number of carbonyl (C=O) groups is 1. The minimum absolute atomic E-state index is 0.193. The number of unbranched alkanes of at least 4 members (excludes halogenated alkanes) is 4. The molecule has 0 bridgehead atoms. The summed E-state index contributed by atoms with van der Waals surface area (Å²) >= 11 is 0. The van der Waals surface area contributed by atoms with Gasteiger partial charge in [0.25, 0.3) is 0 Å². The van der Waals surface area contributed by atoms with Crippen LogP contribution in [-0.2, 0) is 4.79 Å². The zero-order chi connectivity index (χ0) is 29.0. The minimum atomic E-state index is -0.989. The number of carboxylic acid groups (broad SMARTS) is 1. The Kier molecular flexibility index (Phi) is 13.8. The molecule has 5 N–H and O–H groups in total. The van der Waals surface area contributed by atoms with Gasteiger partial charge in [0.15, 0.2) is 0 Å². The van der Waals surface area contributed by atoms with Crippen LogP contribution in [0, 0.1) is 29.6 Å². The van der Waals surface area contributed by atoms with Gasteiger partial charge in [-0.3, -0.25) is 9.79 Å². The molecule has 3 rings (SSSR count). The summed E-state index contributed by atoms with van der Waals surface area (Å²) in [5.74, 6) is -0.912. The third-order valence-electron chi connectivity index (χ3n) is 9.79. The van der Waals surface area contributed by atoms with Gasteiger partial charge >= 0.3 is 5.97 Å². The Morgan fingerprint density at radius 1 is 1.18 bits per heavy atom. The quantitative estimate of drug-likeness (QED) is 0.108. The van der Waals surface area contributed by atoms with E-state index in [1.807, 2.05) is 13.3 Å². The Hall–Kier alpha value is -1.54. The van der Waals surface area contributed by atoms with E-state index in [1.54, 1.807) is 0 Å². The van der Waals surface area contributed by atoms with Crippen molar-refractivity contribution in [1.29, 1.82) is 0 Å². The second-order valence-electron chi connectivity index (χ2n) is 12.9. The Balaban J connectivity index is 1.42. The maximum Gasteiger partial charge on any atom is 0.309 e. The van der Waals surface area contributed by atoms with Crippen LogP contribution in [0.1, 0.15) is 103 Å². The molecule has 0 amide bonds. The highest BCUT2D eigenvalue weighted by atomic mass is 16.4. The highest BCUT2D eigenvalue weighted by molar-refractivity contribution is 5.80. The van der Waals surface area contributed by atoms with E-state index >= 15 is 0 Å². The van der Waals surface area contributed by atoms with Gasteiger partial charge in [-0.2, -0.15) is 0 Å². The number of hydrogen-bond acceptors (Lipinski definition) is 6. The highest BCUT2D eigenvalue weighted by Crippen LogP contribution is 2.44. The van der Waals surface area contributed by atoms with Gasteiger partial charge in [0, 0.05) is 24.6 Å². The lowest BCUT2D eigenvalue weighted by atomic mass is 9.78. The predicted molar refractivity (Wildman–Crippen MR) is 161 cm³/mol. The van der Waals surface area contributed by atoms with Crippen LogP contribution >= 0.6 is 0 Å². The predicted octanol–water partition coefficient (Wildman–Crippen LogP) is 5.29. The number of hydrogen-bond donors (Lipinski definition) is 5. The van der Waals surface area contributed by atoms with Crippen molar-refractivity contribution in [3.63, 3.8) is 0 Å². The standard InChI is InChI=1S/C33H56N2O5/c1-3-4-6-9-24-12-13-27(30(36)19-24)10-7-5-8-11-29(32(38)39)31(37)20-28(23-34-2)33(40)16-14-25(21-33)18-26-15-17-35-22-26/h12-13,15,22,24-25,27-31,34,36-37,40H,3-11,14,16-21,23H2,1-2H3,(H,38,39)/t24-,25-,27-,28+,29+,30-,31-,33+/m1/s1. The van der Waals surface area contributed by atoms with Crippen molar-refractivity contribution in [2.24, 2.45) is 34.6 Å². The van der Waals surface area contributed by atoms with Gasteiger partial charge in [-0.1, -0.05) is 63.7 Å². The molecule has 1 fully saturated rings.